The van der Waals surface area contributed by atoms with Gasteiger partial charge in [0, 0.05) is 18.0 Å². The molecule has 1 fully saturated rings. The van der Waals surface area contributed by atoms with Crippen molar-refractivity contribution >= 4 is 27.3 Å². The van der Waals surface area contributed by atoms with Gasteiger partial charge in [0.15, 0.2) is 0 Å². The Balaban J connectivity index is 1.55. The largest absolute Gasteiger partial charge is 0.379 e. The molecule has 0 aliphatic carbocycles. The highest BCUT2D eigenvalue weighted by molar-refractivity contribution is 7.89. The van der Waals surface area contributed by atoms with Gasteiger partial charge >= 0.3 is 0 Å². The minimum absolute atomic E-state index is 0.130. The predicted octanol–water partition coefficient (Wildman–Crippen LogP) is 2.63. The first-order valence-corrected chi connectivity index (χ1v) is 12.8. The van der Waals surface area contributed by atoms with Crippen LogP contribution in [0.1, 0.15) is 27.9 Å². The highest BCUT2D eigenvalue weighted by Crippen LogP contribution is 2.27. The summed E-state index contributed by atoms with van der Waals surface area (Å²) in [7, 11) is -3.74. The van der Waals surface area contributed by atoms with Crippen LogP contribution in [0, 0.1) is 19.7 Å². The fraction of sp³-hybridized carbons (Fsp3) is 0.364. The van der Waals surface area contributed by atoms with Crippen LogP contribution < -0.4 is 5.32 Å². The molecular formula is C22H25FN4O4S2. The molecule has 1 saturated heterocycles. The minimum Gasteiger partial charge on any atom is -0.379 e. The zero-order chi connectivity index (χ0) is 23.6. The van der Waals surface area contributed by atoms with Crippen molar-refractivity contribution in [2.75, 3.05) is 26.3 Å². The number of benzene rings is 1. The number of nitrogens with zero attached hydrogens (tertiary/aromatic N) is 3. The van der Waals surface area contributed by atoms with E-state index in [0.29, 0.717) is 24.6 Å². The summed E-state index contributed by atoms with van der Waals surface area (Å²) in [6, 6.07) is 9.30. The first-order chi connectivity index (χ1) is 15.8. The lowest BCUT2D eigenvalue weighted by Crippen LogP contribution is -2.41. The number of nitrogens with one attached hydrogen (secondary N) is 1. The molecule has 0 saturated carbocycles. The van der Waals surface area contributed by atoms with Crippen molar-refractivity contribution in [1.29, 1.82) is 0 Å². The lowest BCUT2D eigenvalue weighted by Gasteiger charge is -2.26. The number of ether oxygens (including phenoxy) is 1. The SMILES string of the molecule is Cc1nn(CC(=O)NC(c2ccc(F)cc2)c2cccs2)c(C)c1S(=O)(=O)N1CCOCC1. The van der Waals surface area contributed by atoms with Crippen molar-refractivity contribution in [2.24, 2.45) is 0 Å². The molecule has 1 aliphatic rings. The van der Waals surface area contributed by atoms with Gasteiger partial charge < -0.3 is 10.1 Å². The van der Waals surface area contributed by atoms with Gasteiger partial charge in [-0.2, -0.15) is 9.40 Å². The van der Waals surface area contributed by atoms with Gasteiger partial charge in [0.05, 0.1) is 30.6 Å². The summed E-state index contributed by atoms with van der Waals surface area (Å²) < 4.78 is 47.8. The number of hydrogen-bond acceptors (Lipinski definition) is 6. The maximum atomic E-state index is 13.4. The van der Waals surface area contributed by atoms with E-state index in [4.69, 9.17) is 4.74 Å². The van der Waals surface area contributed by atoms with Crippen molar-refractivity contribution in [3.63, 3.8) is 0 Å². The zero-order valence-electron chi connectivity index (χ0n) is 18.3. The van der Waals surface area contributed by atoms with Gasteiger partial charge in [0.25, 0.3) is 0 Å². The second-order valence-electron chi connectivity index (χ2n) is 7.74. The Morgan fingerprint density at radius 1 is 1.21 bits per heavy atom. The van der Waals surface area contributed by atoms with Crippen molar-refractivity contribution in [2.45, 2.75) is 31.3 Å². The van der Waals surface area contributed by atoms with E-state index in [0.717, 1.165) is 10.4 Å². The quantitative estimate of drug-likeness (QED) is 0.547. The van der Waals surface area contributed by atoms with E-state index >= 15 is 0 Å². The third kappa shape index (κ3) is 5.01. The zero-order valence-corrected chi connectivity index (χ0v) is 20.0. The third-order valence-corrected chi connectivity index (χ3v) is 8.60. The fourth-order valence-corrected chi connectivity index (χ4v) is 6.48. The van der Waals surface area contributed by atoms with Crippen molar-refractivity contribution < 1.29 is 22.3 Å². The fourth-order valence-electron chi connectivity index (χ4n) is 3.90. The molecule has 0 radical (unpaired) electrons. The van der Waals surface area contributed by atoms with Gasteiger partial charge in [0.2, 0.25) is 15.9 Å². The van der Waals surface area contributed by atoms with Crippen LogP contribution >= 0.6 is 11.3 Å². The maximum absolute atomic E-state index is 13.4. The molecule has 1 N–H and O–H groups in total. The van der Waals surface area contributed by atoms with Crippen molar-refractivity contribution in [3.05, 3.63) is 69.4 Å². The molecule has 0 spiro atoms. The van der Waals surface area contributed by atoms with E-state index in [1.807, 2.05) is 17.5 Å². The van der Waals surface area contributed by atoms with Gasteiger partial charge in [-0.05, 0) is 43.0 Å². The Labute approximate surface area is 196 Å². The van der Waals surface area contributed by atoms with Crippen LogP contribution in [0.15, 0.2) is 46.7 Å². The first kappa shape index (κ1) is 23.6. The number of thiophene rings is 1. The van der Waals surface area contributed by atoms with E-state index in [2.05, 4.69) is 10.4 Å². The van der Waals surface area contributed by atoms with Crippen LogP contribution in [0.2, 0.25) is 0 Å². The molecule has 0 bridgehead atoms. The predicted molar refractivity (Wildman–Crippen MR) is 122 cm³/mol. The summed E-state index contributed by atoms with van der Waals surface area (Å²) >= 11 is 1.48. The van der Waals surface area contributed by atoms with Gasteiger partial charge in [0.1, 0.15) is 17.3 Å². The van der Waals surface area contributed by atoms with Crippen LogP contribution in [-0.4, -0.2) is 54.7 Å². The van der Waals surface area contributed by atoms with E-state index < -0.39 is 16.1 Å². The molecule has 3 heterocycles. The number of aromatic nitrogens is 2. The average molecular weight is 493 g/mol. The molecule has 2 aromatic heterocycles. The number of rotatable bonds is 7. The van der Waals surface area contributed by atoms with E-state index in [1.54, 1.807) is 26.0 Å². The average Bonchev–Trinajstić information content (AvgIpc) is 3.42. The highest BCUT2D eigenvalue weighted by atomic mass is 32.2. The number of aryl methyl sites for hydroxylation is 1. The molecule has 176 valence electrons. The van der Waals surface area contributed by atoms with Crippen molar-refractivity contribution in [3.8, 4) is 0 Å². The van der Waals surface area contributed by atoms with Gasteiger partial charge in [-0.25, -0.2) is 12.8 Å². The molecule has 8 nitrogen and oxygen atoms in total. The molecule has 1 unspecified atom stereocenters. The molecular weight excluding hydrogens is 467 g/mol. The number of hydrogen-bond donors (Lipinski definition) is 1. The summed E-state index contributed by atoms with van der Waals surface area (Å²) in [5, 5.41) is 9.22. The Hall–Kier alpha value is -2.60. The summed E-state index contributed by atoms with van der Waals surface area (Å²) in [6.45, 7) is 4.40. The molecule has 1 aliphatic heterocycles. The second kappa shape index (κ2) is 9.72. The lowest BCUT2D eigenvalue weighted by molar-refractivity contribution is -0.122. The third-order valence-electron chi connectivity index (χ3n) is 5.51. The standard InChI is InChI=1S/C22H25FN4O4S2/c1-15-22(33(29,30)26-9-11-31-12-10-26)16(2)27(25-15)14-20(28)24-21(19-4-3-13-32-19)17-5-7-18(23)8-6-17/h3-8,13,21H,9-12,14H2,1-2H3,(H,24,28). The van der Waals surface area contributed by atoms with E-state index in [9.17, 15) is 17.6 Å². The molecule has 3 aromatic rings. The van der Waals surface area contributed by atoms with Crippen LogP contribution in [0.25, 0.3) is 0 Å². The second-order valence-corrected chi connectivity index (χ2v) is 10.6. The summed E-state index contributed by atoms with van der Waals surface area (Å²) in [5.74, 6) is -0.690. The number of sulfonamides is 1. The minimum atomic E-state index is -3.74. The normalized spacial score (nSPS) is 16.0. The first-order valence-electron chi connectivity index (χ1n) is 10.5. The van der Waals surface area contributed by atoms with Gasteiger partial charge in [-0.15, -0.1) is 11.3 Å². The van der Waals surface area contributed by atoms with E-state index in [1.165, 1.54) is 32.5 Å². The Bertz CT molecular complexity index is 1220. The van der Waals surface area contributed by atoms with Crippen molar-refractivity contribution in [1.82, 2.24) is 19.4 Å². The smallest absolute Gasteiger partial charge is 0.246 e. The van der Waals surface area contributed by atoms with E-state index in [-0.39, 0.29) is 36.3 Å². The lowest BCUT2D eigenvalue weighted by atomic mass is 10.1. The molecule has 1 aromatic carbocycles. The van der Waals surface area contributed by atoms with Crippen LogP contribution in [-0.2, 0) is 26.1 Å². The summed E-state index contributed by atoms with van der Waals surface area (Å²) in [4.78, 5) is 14.0. The molecule has 11 heteroatoms. The number of amides is 1. The van der Waals surface area contributed by atoms with Gasteiger partial charge in [-0.1, -0.05) is 18.2 Å². The topological polar surface area (TPSA) is 93.5 Å². The summed E-state index contributed by atoms with van der Waals surface area (Å²) in [5.41, 5.74) is 1.50. The number of halogens is 1. The number of morpholine rings is 1. The maximum Gasteiger partial charge on any atom is 0.246 e. The van der Waals surface area contributed by atoms with Crippen LogP contribution in [0.5, 0.6) is 0 Å². The summed E-state index contributed by atoms with van der Waals surface area (Å²) in [6.07, 6.45) is 0. The molecule has 1 amide bonds. The Kier molecular flexibility index (Phi) is 6.94. The van der Waals surface area contributed by atoms with Crippen LogP contribution in [0.3, 0.4) is 0 Å². The Morgan fingerprint density at radius 2 is 1.91 bits per heavy atom. The molecule has 4 rings (SSSR count). The monoisotopic (exact) mass is 492 g/mol. The van der Waals surface area contributed by atoms with Gasteiger partial charge in [-0.3, -0.25) is 9.48 Å². The molecule has 33 heavy (non-hydrogen) atoms. The van der Waals surface area contributed by atoms with Crippen LogP contribution in [0.4, 0.5) is 4.39 Å². The number of carbonyl (C=O) groups is 1. The Morgan fingerprint density at radius 3 is 2.55 bits per heavy atom. The number of carbonyl (C=O) groups excluding carboxylic acids is 1. The highest BCUT2D eigenvalue weighted by Gasteiger charge is 2.32. The molecule has 1 atom stereocenters.